The third-order valence-electron chi connectivity index (χ3n) is 6.67. The summed E-state index contributed by atoms with van der Waals surface area (Å²) in [7, 11) is 0. The Morgan fingerprint density at radius 2 is 1.85 bits per heavy atom. The Morgan fingerprint density at radius 1 is 1.15 bits per heavy atom. The zero-order valence-electron chi connectivity index (χ0n) is 19.6. The van der Waals surface area contributed by atoms with Crippen LogP contribution in [0, 0.1) is 0 Å². The number of fused-ring (bicyclic) bond motifs is 1. The second-order valence-corrected chi connectivity index (χ2v) is 9.04. The van der Waals surface area contributed by atoms with Crippen molar-refractivity contribution in [1.82, 2.24) is 15.1 Å². The van der Waals surface area contributed by atoms with Crippen molar-refractivity contribution in [3.05, 3.63) is 47.3 Å². The van der Waals surface area contributed by atoms with Gasteiger partial charge >= 0.3 is 5.97 Å². The highest BCUT2D eigenvalue weighted by Gasteiger charge is 2.49. The number of benzene rings is 1. The lowest BCUT2D eigenvalue weighted by Crippen LogP contribution is -2.65. The Morgan fingerprint density at radius 3 is 2.48 bits per heavy atom. The number of hydrogen-bond donors (Lipinski definition) is 1. The van der Waals surface area contributed by atoms with E-state index in [4.69, 9.17) is 4.74 Å². The smallest absolute Gasteiger partial charge is 0.358 e. The van der Waals surface area contributed by atoms with Crippen molar-refractivity contribution in [3.8, 4) is 0 Å². The molecule has 8 nitrogen and oxygen atoms in total. The molecule has 1 aliphatic heterocycles. The summed E-state index contributed by atoms with van der Waals surface area (Å²) in [5, 5.41) is 7.50. The number of anilines is 1. The van der Waals surface area contributed by atoms with Gasteiger partial charge in [0, 0.05) is 17.8 Å². The molecule has 0 saturated heterocycles. The summed E-state index contributed by atoms with van der Waals surface area (Å²) in [6.45, 7) is 5.91. The van der Waals surface area contributed by atoms with Crippen LogP contribution in [0.3, 0.4) is 0 Å². The molecule has 0 radical (unpaired) electrons. The molecule has 0 spiro atoms. The molecule has 1 unspecified atom stereocenters. The number of nitrogens with one attached hydrogen (secondary N) is 1. The Balaban J connectivity index is 1.73. The summed E-state index contributed by atoms with van der Waals surface area (Å²) in [6, 6.07) is 9.25. The largest absolute Gasteiger partial charge is 0.461 e. The average molecular weight is 453 g/mol. The summed E-state index contributed by atoms with van der Waals surface area (Å²) in [4.78, 5) is 41.2. The highest BCUT2D eigenvalue weighted by atomic mass is 16.5. The first-order valence-corrected chi connectivity index (χ1v) is 11.9. The van der Waals surface area contributed by atoms with E-state index in [-0.39, 0.29) is 42.4 Å². The quantitative estimate of drug-likeness (QED) is 0.677. The molecular weight excluding hydrogens is 420 g/mol. The Kier molecular flexibility index (Phi) is 6.54. The summed E-state index contributed by atoms with van der Waals surface area (Å²) in [5.74, 6) is -1.16. The average Bonchev–Trinajstić information content (AvgIpc) is 3.24. The number of nitrogens with zero attached hydrogens (tertiary/aromatic N) is 3. The molecule has 1 aromatic carbocycles. The van der Waals surface area contributed by atoms with Crippen LogP contribution in [0.25, 0.3) is 0 Å². The van der Waals surface area contributed by atoms with Gasteiger partial charge in [0.05, 0.1) is 13.2 Å². The first kappa shape index (κ1) is 23.0. The van der Waals surface area contributed by atoms with E-state index in [1.165, 1.54) is 17.2 Å². The van der Waals surface area contributed by atoms with Crippen LogP contribution in [0.5, 0.6) is 0 Å². The molecule has 2 heterocycles. The zero-order valence-corrected chi connectivity index (χ0v) is 19.6. The molecular formula is C25H32N4O4. The lowest BCUT2D eigenvalue weighted by atomic mass is 9.91. The fraction of sp³-hybridized carbons (Fsp3) is 0.520. The van der Waals surface area contributed by atoms with E-state index >= 15 is 0 Å². The standard InChI is InChI=1S/C25H32N4O4/c1-4-17-11-13-19(14-12-17)29-22(30)21-15-20(23(31)33-5-2)27-28(21)16-25(29,3)24(32)26-18-9-7-6-8-10-18/h11-15,18H,4-10,16H2,1-3H3,(H,26,32). The van der Waals surface area contributed by atoms with E-state index in [2.05, 4.69) is 17.3 Å². The Hall–Kier alpha value is -3.16. The first-order valence-electron chi connectivity index (χ1n) is 11.9. The van der Waals surface area contributed by atoms with Crippen LogP contribution in [0.2, 0.25) is 0 Å². The third-order valence-corrected chi connectivity index (χ3v) is 6.67. The molecule has 2 aromatic rings. The third kappa shape index (κ3) is 4.38. The van der Waals surface area contributed by atoms with E-state index in [1.807, 2.05) is 24.3 Å². The van der Waals surface area contributed by atoms with Crippen LogP contribution >= 0.6 is 0 Å². The van der Waals surface area contributed by atoms with Gasteiger partial charge in [0.1, 0.15) is 11.2 Å². The Bertz CT molecular complexity index is 1040. The van der Waals surface area contributed by atoms with Crippen molar-refractivity contribution >= 4 is 23.5 Å². The lowest BCUT2D eigenvalue weighted by Gasteiger charge is -2.44. The minimum absolute atomic E-state index is 0.0680. The molecule has 2 amide bonds. The zero-order chi connectivity index (χ0) is 23.6. The highest BCUT2D eigenvalue weighted by Crippen LogP contribution is 2.33. The van der Waals surface area contributed by atoms with Crippen molar-refractivity contribution in [3.63, 3.8) is 0 Å². The number of rotatable bonds is 6. The summed E-state index contributed by atoms with van der Waals surface area (Å²) in [5.41, 5.74) is 0.918. The van der Waals surface area contributed by atoms with E-state index in [0.29, 0.717) is 5.69 Å². The summed E-state index contributed by atoms with van der Waals surface area (Å²) < 4.78 is 6.52. The van der Waals surface area contributed by atoms with Crippen molar-refractivity contribution in [1.29, 1.82) is 0 Å². The molecule has 1 aliphatic carbocycles. The lowest BCUT2D eigenvalue weighted by molar-refractivity contribution is -0.127. The molecule has 1 saturated carbocycles. The van der Waals surface area contributed by atoms with Gasteiger partial charge in [-0.2, -0.15) is 5.10 Å². The van der Waals surface area contributed by atoms with Crippen molar-refractivity contribution in [2.45, 2.75) is 77.4 Å². The van der Waals surface area contributed by atoms with E-state index in [1.54, 1.807) is 18.7 Å². The molecule has 8 heteroatoms. The number of hydrogen-bond acceptors (Lipinski definition) is 5. The molecule has 4 rings (SSSR count). The second kappa shape index (κ2) is 9.37. The molecule has 33 heavy (non-hydrogen) atoms. The maximum Gasteiger partial charge on any atom is 0.358 e. The van der Waals surface area contributed by atoms with E-state index < -0.39 is 11.5 Å². The molecule has 1 atom stereocenters. The van der Waals surface area contributed by atoms with Crippen LogP contribution in [0.4, 0.5) is 5.69 Å². The van der Waals surface area contributed by atoms with Crippen molar-refractivity contribution < 1.29 is 19.1 Å². The van der Waals surface area contributed by atoms with Crippen LogP contribution in [-0.4, -0.2) is 45.8 Å². The molecule has 1 N–H and O–H groups in total. The number of esters is 1. The van der Waals surface area contributed by atoms with Gasteiger partial charge in [-0.3, -0.25) is 19.2 Å². The van der Waals surface area contributed by atoms with Gasteiger partial charge in [0.25, 0.3) is 5.91 Å². The molecule has 2 aliphatic rings. The maximum absolute atomic E-state index is 13.7. The van der Waals surface area contributed by atoms with Gasteiger partial charge in [0.2, 0.25) is 5.91 Å². The predicted octanol–water partition coefficient (Wildman–Crippen LogP) is 3.49. The molecule has 1 aromatic heterocycles. The van der Waals surface area contributed by atoms with Crippen LogP contribution in [0.15, 0.2) is 30.3 Å². The minimum Gasteiger partial charge on any atom is -0.461 e. The van der Waals surface area contributed by atoms with Crippen molar-refractivity contribution in [2.24, 2.45) is 0 Å². The summed E-state index contributed by atoms with van der Waals surface area (Å²) >= 11 is 0. The number of aromatic nitrogens is 2. The predicted molar refractivity (Wildman–Crippen MR) is 124 cm³/mol. The second-order valence-electron chi connectivity index (χ2n) is 9.04. The molecule has 1 fully saturated rings. The van der Waals surface area contributed by atoms with Gasteiger partial charge in [-0.05, 0) is 50.8 Å². The SMILES string of the molecule is CCOC(=O)c1cc2n(n1)CC(C)(C(=O)NC1CCCCC1)N(c1ccc(CC)cc1)C2=O. The molecule has 0 bridgehead atoms. The van der Waals surface area contributed by atoms with Gasteiger partial charge in [-0.25, -0.2) is 4.79 Å². The fourth-order valence-electron chi connectivity index (χ4n) is 4.76. The number of carbonyl (C=O) groups excluding carboxylic acids is 3. The number of amides is 2. The van der Waals surface area contributed by atoms with Crippen LogP contribution in [-0.2, 0) is 22.5 Å². The van der Waals surface area contributed by atoms with Gasteiger partial charge in [-0.1, -0.05) is 38.3 Å². The normalized spacial score (nSPS) is 20.9. The minimum atomic E-state index is -1.20. The fourth-order valence-corrected chi connectivity index (χ4v) is 4.76. The summed E-state index contributed by atoms with van der Waals surface area (Å²) in [6.07, 6.45) is 6.14. The Labute approximate surface area is 194 Å². The van der Waals surface area contributed by atoms with Crippen LogP contribution < -0.4 is 10.2 Å². The van der Waals surface area contributed by atoms with Crippen molar-refractivity contribution in [2.75, 3.05) is 11.5 Å². The van der Waals surface area contributed by atoms with E-state index in [0.717, 1.165) is 37.7 Å². The maximum atomic E-state index is 13.7. The number of ether oxygens (including phenoxy) is 1. The van der Waals surface area contributed by atoms with Crippen LogP contribution in [0.1, 0.15) is 79.4 Å². The van der Waals surface area contributed by atoms with E-state index in [9.17, 15) is 14.4 Å². The molecule has 176 valence electrons. The highest BCUT2D eigenvalue weighted by molar-refractivity contribution is 6.12. The van der Waals surface area contributed by atoms with Gasteiger partial charge in [-0.15, -0.1) is 0 Å². The monoisotopic (exact) mass is 452 g/mol. The van der Waals surface area contributed by atoms with Gasteiger partial charge < -0.3 is 10.1 Å². The first-order chi connectivity index (χ1) is 15.9. The topological polar surface area (TPSA) is 93.5 Å². The number of carbonyl (C=O) groups is 3. The number of aryl methyl sites for hydroxylation is 1. The van der Waals surface area contributed by atoms with Gasteiger partial charge in [0.15, 0.2) is 5.69 Å².